The van der Waals surface area contributed by atoms with Gasteiger partial charge < -0.3 is 14.5 Å². The molecule has 0 spiro atoms. The van der Waals surface area contributed by atoms with E-state index in [2.05, 4.69) is 9.72 Å². The number of methoxy groups -OCH3 is 1. The van der Waals surface area contributed by atoms with Gasteiger partial charge in [-0.05, 0) is 23.6 Å². The van der Waals surface area contributed by atoms with Crippen LogP contribution in [0.25, 0.3) is 0 Å². The largest absolute Gasteiger partial charge is 0.469 e. The summed E-state index contributed by atoms with van der Waals surface area (Å²) in [6.45, 7) is 0.232. The third-order valence-electron chi connectivity index (χ3n) is 3.02. The van der Waals surface area contributed by atoms with Crippen LogP contribution in [0.3, 0.4) is 0 Å². The van der Waals surface area contributed by atoms with Crippen LogP contribution in [-0.2, 0) is 27.3 Å². The smallest absolute Gasteiger partial charge is 0.355 e. The lowest BCUT2D eigenvalue weighted by atomic mass is 10.2. The van der Waals surface area contributed by atoms with Gasteiger partial charge in [-0.2, -0.15) is 0 Å². The molecule has 1 aromatic heterocycles. The average molecular weight is 287 g/mol. The Morgan fingerprint density at radius 2 is 1.90 bits per heavy atom. The van der Waals surface area contributed by atoms with Crippen molar-refractivity contribution in [3.8, 4) is 0 Å². The molecular weight excluding hydrogens is 270 g/mol. The molecule has 2 aromatic rings. The van der Waals surface area contributed by atoms with Gasteiger partial charge >= 0.3 is 11.9 Å². The zero-order valence-corrected chi connectivity index (χ0v) is 11.8. The number of H-pyrrole nitrogens is 1. The molecule has 5 nitrogen and oxygen atoms in total. The third kappa shape index (κ3) is 4.49. The Kier molecular flexibility index (Phi) is 5.15. The van der Waals surface area contributed by atoms with E-state index in [9.17, 15) is 9.59 Å². The Morgan fingerprint density at radius 3 is 2.62 bits per heavy atom. The van der Waals surface area contributed by atoms with Crippen molar-refractivity contribution in [2.75, 3.05) is 7.11 Å². The van der Waals surface area contributed by atoms with Crippen LogP contribution in [0.2, 0.25) is 0 Å². The summed E-state index contributed by atoms with van der Waals surface area (Å²) in [5.74, 6) is -0.687. The van der Waals surface area contributed by atoms with Crippen molar-refractivity contribution in [2.24, 2.45) is 0 Å². The van der Waals surface area contributed by atoms with Crippen molar-refractivity contribution in [3.63, 3.8) is 0 Å². The molecule has 1 aromatic carbocycles. The van der Waals surface area contributed by atoms with E-state index in [1.807, 2.05) is 30.3 Å². The van der Waals surface area contributed by atoms with Gasteiger partial charge in [-0.15, -0.1) is 0 Å². The molecule has 21 heavy (non-hydrogen) atoms. The fourth-order valence-corrected chi connectivity index (χ4v) is 1.85. The van der Waals surface area contributed by atoms with E-state index in [1.165, 1.54) is 7.11 Å². The van der Waals surface area contributed by atoms with Gasteiger partial charge in [0.05, 0.1) is 7.11 Å². The van der Waals surface area contributed by atoms with Crippen LogP contribution in [-0.4, -0.2) is 24.0 Å². The van der Waals surface area contributed by atoms with Gasteiger partial charge in [-0.1, -0.05) is 30.3 Å². The maximum absolute atomic E-state index is 11.9. The summed E-state index contributed by atoms with van der Waals surface area (Å²) in [7, 11) is 1.35. The summed E-state index contributed by atoms with van der Waals surface area (Å²) in [5, 5.41) is 0. The molecule has 0 aliphatic carbocycles. The molecular formula is C16H17NO4. The highest BCUT2D eigenvalue weighted by atomic mass is 16.5. The maximum Gasteiger partial charge on any atom is 0.355 e. The van der Waals surface area contributed by atoms with Crippen LogP contribution < -0.4 is 0 Å². The molecule has 0 amide bonds. The topological polar surface area (TPSA) is 68.4 Å². The Balaban J connectivity index is 1.85. The Bertz CT molecular complexity index is 604. The number of ether oxygens (including phenoxy) is 2. The first kappa shape index (κ1) is 14.8. The summed E-state index contributed by atoms with van der Waals surface area (Å²) < 4.78 is 9.79. The number of rotatable bonds is 6. The number of nitrogens with one attached hydrogen (secondary N) is 1. The lowest BCUT2D eigenvalue weighted by molar-refractivity contribution is -0.140. The molecule has 1 heterocycles. The number of aromatic amines is 1. The zero-order valence-electron chi connectivity index (χ0n) is 11.8. The van der Waals surface area contributed by atoms with Gasteiger partial charge in [-0.25, -0.2) is 4.79 Å². The molecule has 0 bridgehead atoms. The fourth-order valence-electron chi connectivity index (χ4n) is 1.85. The molecule has 0 saturated heterocycles. The number of aryl methyl sites for hydroxylation is 1. The molecule has 1 N–H and O–H groups in total. The highest BCUT2D eigenvalue weighted by Gasteiger charge is 2.11. The van der Waals surface area contributed by atoms with E-state index in [1.54, 1.807) is 12.3 Å². The van der Waals surface area contributed by atoms with E-state index >= 15 is 0 Å². The van der Waals surface area contributed by atoms with Crippen molar-refractivity contribution in [2.45, 2.75) is 19.4 Å². The van der Waals surface area contributed by atoms with Crippen molar-refractivity contribution in [1.82, 2.24) is 4.98 Å². The van der Waals surface area contributed by atoms with E-state index in [0.717, 1.165) is 11.1 Å². The summed E-state index contributed by atoms with van der Waals surface area (Å²) in [6.07, 6.45) is 2.50. The molecule has 2 rings (SSSR count). The Hall–Kier alpha value is -2.56. The van der Waals surface area contributed by atoms with Crippen LogP contribution >= 0.6 is 0 Å². The summed E-state index contributed by atoms with van der Waals surface area (Å²) in [6, 6.07) is 11.2. The molecule has 0 fully saturated rings. The summed E-state index contributed by atoms with van der Waals surface area (Å²) in [5.41, 5.74) is 2.18. The molecule has 0 saturated carbocycles. The minimum atomic E-state index is -0.414. The van der Waals surface area contributed by atoms with E-state index in [0.29, 0.717) is 12.1 Å². The quantitative estimate of drug-likeness (QED) is 0.829. The lowest BCUT2D eigenvalue weighted by Crippen LogP contribution is -2.05. The fraction of sp³-hybridized carbons (Fsp3) is 0.250. The van der Waals surface area contributed by atoms with E-state index < -0.39 is 5.97 Å². The van der Waals surface area contributed by atoms with Crippen LogP contribution in [0.1, 0.15) is 28.0 Å². The van der Waals surface area contributed by atoms with Gasteiger partial charge in [0.15, 0.2) is 0 Å². The van der Waals surface area contributed by atoms with Crippen LogP contribution in [0.5, 0.6) is 0 Å². The lowest BCUT2D eigenvalue weighted by Gasteiger charge is -2.03. The predicted octanol–water partition coefficient (Wildman–Crippen LogP) is 2.48. The van der Waals surface area contributed by atoms with Crippen molar-refractivity contribution in [3.05, 3.63) is 59.4 Å². The molecule has 0 radical (unpaired) electrons. The highest BCUT2D eigenvalue weighted by molar-refractivity contribution is 5.87. The Morgan fingerprint density at radius 1 is 1.14 bits per heavy atom. The summed E-state index contributed by atoms with van der Waals surface area (Å²) in [4.78, 5) is 25.8. The van der Waals surface area contributed by atoms with E-state index in [4.69, 9.17) is 4.74 Å². The molecule has 5 heteroatoms. The predicted molar refractivity (Wildman–Crippen MR) is 76.7 cm³/mol. The normalized spacial score (nSPS) is 10.1. The van der Waals surface area contributed by atoms with Crippen molar-refractivity contribution >= 4 is 11.9 Å². The molecule has 0 unspecified atom stereocenters. The minimum Gasteiger partial charge on any atom is -0.469 e. The van der Waals surface area contributed by atoms with Crippen LogP contribution in [0, 0.1) is 0 Å². The average Bonchev–Trinajstić information content (AvgIpc) is 3.00. The second-order valence-electron chi connectivity index (χ2n) is 4.56. The van der Waals surface area contributed by atoms with E-state index in [-0.39, 0.29) is 19.0 Å². The molecule has 110 valence electrons. The van der Waals surface area contributed by atoms with Crippen LogP contribution in [0.4, 0.5) is 0 Å². The maximum atomic E-state index is 11.9. The zero-order chi connectivity index (χ0) is 15.1. The number of esters is 2. The van der Waals surface area contributed by atoms with Crippen molar-refractivity contribution in [1.29, 1.82) is 0 Å². The number of carbonyl (C=O) groups is 2. The number of hydrogen-bond acceptors (Lipinski definition) is 4. The molecule has 0 atom stereocenters. The standard InChI is InChI=1S/C16H17NO4/c1-20-15(18)8-7-13-9-14(17-10-13)16(19)21-11-12-5-3-2-4-6-12/h2-6,9-10,17H,7-8,11H2,1H3. The van der Waals surface area contributed by atoms with Gasteiger partial charge in [0.1, 0.15) is 12.3 Å². The van der Waals surface area contributed by atoms with Gasteiger partial charge in [0.2, 0.25) is 0 Å². The van der Waals surface area contributed by atoms with Gasteiger partial charge in [0, 0.05) is 12.6 Å². The van der Waals surface area contributed by atoms with Gasteiger partial charge in [0.25, 0.3) is 0 Å². The highest BCUT2D eigenvalue weighted by Crippen LogP contribution is 2.09. The first-order valence-electron chi connectivity index (χ1n) is 6.64. The second-order valence-corrected chi connectivity index (χ2v) is 4.56. The first-order chi connectivity index (χ1) is 10.2. The molecule has 0 aliphatic rings. The molecule has 0 aliphatic heterocycles. The number of aromatic nitrogens is 1. The SMILES string of the molecule is COC(=O)CCc1c[nH]c(C(=O)OCc2ccccc2)c1. The number of benzene rings is 1. The Labute approximate surface area is 122 Å². The number of hydrogen-bond donors (Lipinski definition) is 1. The summed E-state index contributed by atoms with van der Waals surface area (Å²) >= 11 is 0. The third-order valence-corrected chi connectivity index (χ3v) is 3.02. The monoisotopic (exact) mass is 287 g/mol. The first-order valence-corrected chi connectivity index (χ1v) is 6.64. The second kappa shape index (κ2) is 7.28. The van der Waals surface area contributed by atoms with Crippen LogP contribution in [0.15, 0.2) is 42.6 Å². The van der Waals surface area contributed by atoms with Crippen molar-refractivity contribution < 1.29 is 19.1 Å². The van der Waals surface area contributed by atoms with Gasteiger partial charge in [-0.3, -0.25) is 4.79 Å². The number of carbonyl (C=O) groups excluding carboxylic acids is 2. The minimum absolute atomic E-state index is 0.232.